The van der Waals surface area contributed by atoms with E-state index in [0.717, 1.165) is 44.1 Å². The number of hydrogen-bond donors (Lipinski definition) is 7. The Kier molecular flexibility index (Phi) is 13.0. The summed E-state index contributed by atoms with van der Waals surface area (Å²) in [6, 6.07) is 0. The Morgan fingerprint density at radius 3 is 2.58 bits per heavy atom. The van der Waals surface area contributed by atoms with E-state index in [2.05, 4.69) is 30.5 Å². The van der Waals surface area contributed by atoms with Gasteiger partial charge in [0.1, 0.15) is 0 Å². The number of aliphatic carboxylic acids is 1. The fraction of sp³-hybridized carbons (Fsp3) is 0.781. The number of dihydropyridines is 1. The molecule has 0 unspecified atom stereocenters. The first-order valence-electron chi connectivity index (χ1n) is 15.7. The van der Waals surface area contributed by atoms with Crippen LogP contribution in [0, 0.1) is 23.7 Å². The van der Waals surface area contributed by atoms with Crippen molar-refractivity contribution in [2.24, 2.45) is 29.4 Å². The molecule has 0 bridgehead atoms. The first-order chi connectivity index (χ1) is 19.1. The molecule has 2 aliphatic carbocycles. The minimum atomic E-state index is -1.32. The number of carboxylic acids is 1. The second-order valence-corrected chi connectivity index (χ2v) is 12.7. The van der Waals surface area contributed by atoms with Gasteiger partial charge < -0.3 is 36.6 Å². The van der Waals surface area contributed by atoms with Gasteiger partial charge in [-0.25, -0.2) is 0 Å². The normalized spacial score (nSPS) is 31.8. The van der Waals surface area contributed by atoms with Crippen molar-refractivity contribution in [2.75, 3.05) is 6.54 Å². The molecule has 0 radical (unpaired) electrons. The second kappa shape index (κ2) is 15.9. The summed E-state index contributed by atoms with van der Waals surface area (Å²) in [5.74, 6) is -0.547. The lowest BCUT2D eigenvalue weighted by Gasteiger charge is -2.29. The third kappa shape index (κ3) is 9.89. The number of aliphatic hydroxyl groups excluding tert-OH is 3. The van der Waals surface area contributed by atoms with E-state index in [1.165, 1.54) is 19.3 Å². The number of nitrogens with one attached hydrogen (secondary N) is 1. The predicted molar refractivity (Wildman–Crippen MR) is 157 cm³/mol. The molecule has 40 heavy (non-hydrogen) atoms. The summed E-state index contributed by atoms with van der Waals surface area (Å²) >= 11 is 0. The topological polar surface area (TPSA) is 156 Å². The molecule has 0 aromatic heterocycles. The Bertz CT molecular complexity index is 889. The van der Waals surface area contributed by atoms with E-state index in [1.807, 2.05) is 6.08 Å². The first kappa shape index (κ1) is 32.6. The highest BCUT2D eigenvalue weighted by molar-refractivity contribution is 5.70. The molecule has 0 aromatic rings. The maximum Gasteiger partial charge on any atom is 0.309 e. The van der Waals surface area contributed by atoms with E-state index in [4.69, 9.17) is 5.73 Å². The number of aliphatic hydroxyl groups is 4. The van der Waals surface area contributed by atoms with Crippen molar-refractivity contribution < 1.29 is 30.3 Å². The minimum Gasteiger partial charge on any atom is -0.481 e. The molecule has 8 heteroatoms. The van der Waals surface area contributed by atoms with E-state index in [1.54, 1.807) is 0 Å². The Morgan fingerprint density at radius 1 is 1.10 bits per heavy atom. The first-order valence-corrected chi connectivity index (χ1v) is 15.7. The van der Waals surface area contributed by atoms with Gasteiger partial charge in [-0.05, 0) is 81.3 Å². The maximum absolute atomic E-state index is 11.9. The molecule has 3 aliphatic rings. The largest absolute Gasteiger partial charge is 0.481 e. The lowest BCUT2D eigenvalue weighted by atomic mass is 9.81. The number of carbonyl (C=O) groups is 1. The quantitative estimate of drug-likeness (QED) is 0.103. The third-order valence-corrected chi connectivity index (χ3v) is 9.41. The number of unbranched alkanes of at least 4 members (excludes halogenated alkanes) is 4. The summed E-state index contributed by atoms with van der Waals surface area (Å²) in [4.78, 5) is 11.9. The highest BCUT2D eigenvalue weighted by Gasteiger charge is 2.45. The monoisotopic (exact) mass is 562 g/mol. The summed E-state index contributed by atoms with van der Waals surface area (Å²) in [5.41, 5.74) is 5.62. The molecule has 0 amide bonds. The lowest BCUT2D eigenvalue weighted by Crippen LogP contribution is -2.39. The SMILES string of the molecule is CCCCC[C@@H]1C=C[C@@H](CCCCC[C@H](C(=O)O)[C@H](O)CC[C@]2(O)C[C@H](CC3=CCNC(N)=C3)C[C@H]2O)[C@H](O)C1. The van der Waals surface area contributed by atoms with Crippen molar-refractivity contribution in [3.63, 3.8) is 0 Å². The molecule has 8 N–H and O–H groups in total. The van der Waals surface area contributed by atoms with Gasteiger partial charge in [-0.15, -0.1) is 0 Å². The fourth-order valence-electron chi connectivity index (χ4n) is 6.92. The predicted octanol–water partition coefficient (Wildman–Crippen LogP) is 4.13. The van der Waals surface area contributed by atoms with Crippen molar-refractivity contribution in [2.45, 2.75) is 127 Å². The summed E-state index contributed by atoms with van der Waals surface area (Å²) in [6.07, 6.45) is 17.4. The number of allylic oxidation sites excluding steroid dienone is 3. The molecule has 228 valence electrons. The zero-order chi connectivity index (χ0) is 29.1. The zero-order valence-corrected chi connectivity index (χ0v) is 24.4. The van der Waals surface area contributed by atoms with Crippen LogP contribution in [0.3, 0.4) is 0 Å². The molecular weight excluding hydrogens is 508 g/mol. The van der Waals surface area contributed by atoms with Crippen LogP contribution in [-0.4, -0.2) is 62.0 Å². The van der Waals surface area contributed by atoms with Gasteiger partial charge in [-0.3, -0.25) is 4.79 Å². The molecule has 0 saturated heterocycles. The summed E-state index contributed by atoms with van der Waals surface area (Å²) in [5, 5.41) is 55.8. The average Bonchev–Trinajstić information content (AvgIpc) is 3.18. The lowest BCUT2D eigenvalue weighted by molar-refractivity contribution is -0.147. The molecule has 1 saturated carbocycles. The van der Waals surface area contributed by atoms with E-state index < -0.39 is 29.7 Å². The van der Waals surface area contributed by atoms with Crippen LogP contribution in [0.5, 0.6) is 0 Å². The minimum absolute atomic E-state index is 0.102. The van der Waals surface area contributed by atoms with Crippen molar-refractivity contribution >= 4 is 5.97 Å². The molecule has 1 heterocycles. The Balaban J connectivity index is 1.37. The van der Waals surface area contributed by atoms with Crippen LogP contribution in [0.2, 0.25) is 0 Å². The van der Waals surface area contributed by atoms with Crippen molar-refractivity contribution in [1.82, 2.24) is 5.32 Å². The number of nitrogens with two attached hydrogens (primary N) is 1. The van der Waals surface area contributed by atoms with Crippen LogP contribution in [0.25, 0.3) is 0 Å². The highest BCUT2D eigenvalue weighted by Crippen LogP contribution is 2.42. The van der Waals surface area contributed by atoms with Crippen LogP contribution < -0.4 is 11.1 Å². The summed E-state index contributed by atoms with van der Waals surface area (Å²) in [7, 11) is 0. The summed E-state index contributed by atoms with van der Waals surface area (Å²) < 4.78 is 0. The molecule has 8 nitrogen and oxygen atoms in total. The van der Waals surface area contributed by atoms with Crippen LogP contribution >= 0.6 is 0 Å². The van der Waals surface area contributed by atoms with Crippen molar-refractivity contribution in [3.05, 3.63) is 35.7 Å². The average molecular weight is 563 g/mol. The molecule has 1 aliphatic heterocycles. The second-order valence-electron chi connectivity index (χ2n) is 12.7. The van der Waals surface area contributed by atoms with Crippen LogP contribution in [0.4, 0.5) is 0 Å². The Labute approximate surface area is 240 Å². The van der Waals surface area contributed by atoms with E-state index in [-0.39, 0.29) is 30.8 Å². The van der Waals surface area contributed by atoms with Gasteiger partial charge in [0.15, 0.2) is 0 Å². The molecular formula is C32H54N2O6. The van der Waals surface area contributed by atoms with Crippen LogP contribution in [-0.2, 0) is 4.79 Å². The van der Waals surface area contributed by atoms with Gasteiger partial charge in [0.2, 0.25) is 0 Å². The van der Waals surface area contributed by atoms with Gasteiger partial charge in [-0.2, -0.15) is 0 Å². The van der Waals surface area contributed by atoms with Crippen LogP contribution in [0.1, 0.15) is 103 Å². The molecule has 3 rings (SSSR count). The fourth-order valence-corrected chi connectivity index (χ4v) is 6.92. The Hall–Kier alpha value is -1.87. The Morgan fingerprint density at radius 2 is 1.88 bits per heavy atom. The number of hydrogen-bond acceptors (Lipinski definition) is 7. The zero-order valence-electron chi connectivity index (χ0n) is 24.4. The van der Waals surface area contributed by atoms with Gasteiger partial charge in [0, 0.05) is 12.5 Å². The van der Waals surface area contributed by atoms with E-state index >= 15 is 0 Å². The highest BCUT2D eigenvalue weighted by atomic mass is 16.4. The van der Waals surface area contributed by atoms with Crippen molar-refractivity contribution in [3.8, 4) is 0 Å². The van der Waals surface area contributed by atoms with E-state index in [0.29, 0.717) is 44.0 Å². The molecule has 0 aromatic carbocycles. The van der Waals surface area contributed by atoms with Gasteiger partial charge >= 0.3 is 5.97 Å². The number of carboxylic acid groups (broad SMARTS) is 1. The molecule has 1 fully saturated rings. The smallest absolute Gasteiger partial charge is 0.309 e. The molecule has 8 atom stereocenters. The van der Waals surface area contributed by atoms with Gasteiger partial charge in [0.25, 0.3) is 0 Å². The summed E-state index contributed by atoms with van der Waals surface area (Å²) in [6.45, 7) is 2.87. The number of rotatable bonds is 17. The van der Waals surface area contributed by atoms with E-state index in [9.17, 15) is 30.3 Å². The molecule has 0 spiro atoms. The van der Waals surface area contributed by atoms with Gasteiger partial charge in [0.05, 0.1) is 35.7 Å². The third-order valence-electron chi connectivity index (χ3n) is 9.41. The van der Waals surface area contributed by atoms with Crippen molar-refractivity contribution in [1.29, 1.82) is 0 Å². The maximum atomic E-state index is 11.9. The standard InChI is InChI=1S/C32H54N2O6/c1-2-3-5-8-22-11-12-25(28(36)18-22)9-6-4-7-10-26(31(38)39)27(35)13-15-32(40)21-24(19-29(32)37)17-23-14-16-34-30(33)20-23/h11-12,14,20,22,24-29,34-37,40H,2-10,13,15-19,21,33H2,1H3,(H,38,39)/t22-,24-,25-,26+,27-,28-,29-,32+/m1/s1. The van der Waals surface area contributed by atoms with Gasteiger partial charge in [-0.1, -0.05) is 63.7 Å². The van der Waals surface area contributed by atoms with Crippen LogP contribution in [0.15, 0.2) is 35.7 Å².